The Labute approximate surface area is 268 Å². The van der Waals surface area contributed by atoms with Gasteiger partial charge in [0.2, 0.25) is 0 Å². The largest absolute Gasteiger partial charge is 0.348 e. The van der Waals surface area contributed by atoms with Crippen molar-refractivity contribution in [3.8, 4) is 0 Å². The maximum absolute atomic E-state index is 4.98. The summed E-state index contributed by atoms with van der Waals surface area (Å²) in [5, 5.41) is 8.72. The smallest absolute Gasteiger partial charge is 0.159 e. The number of rotatable bonds is 4. The molecule has 220 valence electrons. The monoisotopic (exact) mass is 593 g/mol. The highest BCUT2D eigenvalue weighted by molar-refractivity contribution is 6.22. The van der Waals surface area contributed by atoms with Crippen molar-refractivity contribution in [3.63, 3.8) is 0 Å². The topological polar surface area (TPSA) is 43.2 Å². The van der Waals surface area contributed by atoms with E-state index in [0.29, 0.717) is 0 Å². The third-order valence-corrected chi connectivity index (χ3v) is 9.28. The van der Waals surface area contributed by atoms with Crippen LogP contribution in [0.15, 0.2) is 162 Å². The second-order valence-electron chi connectivity index (χ2n) is 12.0. The number of allylic oxidation sites excluding steroid dienone is 2. The van der Waals surface area contributed by atoms with Gasteiger partial charge in [0.05, 0.1) is 11.4 Å². The van der Waals surface area contributed by atoms with Crippen LogP contribution in [0.5, 0.6) is 0 Å². The van der Waals surface area contributed by atoms with Gasteiger partial charge in [0, 0.05) is 35.1 Å². The number of aliphatic imine (C=N–C) groups is 2. The summed E-state index contributed by atoms with van der Waals surface area (Å²) in [5.41, 5.74) is 8.00. The molecular weight excluding hydrogens is 562 g/mol. The van der Waals surface area contributed by atoms with Crippen LogP contribution >= 0.6 is 0 Å². The quantitative estimate of drug-likeness (QED) is 0.208. The van der Waals surface area contributed by atoms with Crippen LogP contribution in [-0.2, 0) is 0 Å². The molecule has 1 N–H and O–H groups in total. The Morgan fingerprint density at radius 3 is 1.87 bits per heavy atom. The van der Waals surface area contributed by atoms with Crippen LogP contribution in [0.2, 0.25) is 0 Å². The fraction of sp³-hybridized carbons (Fsp3) is 0.0732. The van der Waals surface area contributed by atoms with Crippen molar-refractivity contribution < 1.29 is 0 Å². The van der Waals surface area contributed by atoms with Crippen molar-refractivity contribution in [1.29, 1.82) is 0 Å². The minimum Gasteiger partial charge on any atom is -0.348 e. The lowest BCUT2D eigenvalue weighted by Crippen LogP contribution is -2.38. The number of nitrogens with one attached hydrogen (secondary N) is 1. The highest BCUT2D eigenvalue weighted by atomic mass is 15.4. The first kappa shape index (κ1) is 26.5. The minimum atomic E-state index is -0.220. The minimum absolute atomic E-state index is 0.124. The zero-order chi connectivity index (χ0) is 30.6. The lowest BCUT2D eigenvalue weighted by atomic mass is 9.97. The van der Waals surface area contributed by atoms with E-state index < -0.39 is 0 Å². The summed E-state index contributed by atoms with van der Waals surface area (Å²) >= 11 is 0. The van der Waals surface area contributed by atoms with E-state index >= 15 is 0 Å². The van der Waals surface area contributed by atoms with Gasteiger partial charge < -0.3 is 15.1 Å². The average molecular weight is 594 g/mol. The highest BCUT2D eigenvalue weighted by Gasteiger charge is 2.36. The van der Waals surface area contributed by atoms with Crippen molar-refractivity contribution in [2.24, 2.45) is 9.98 Å². The van der Waals surface area contributed by atoms with Gasteiger partial charge in [-0.3, -0.25) is 0 Å². The molecule has 6 aromatic carbocycles. The van der Waals surface area contributed by atoms with Crippen molar-refractivity contribution in [2.45, 2.75) is 12.3 Å². The predicted octanol–water partition coefficient (Wildman–Crippen LogP) is 8.68. The highest BCUT2D eigenvalue weighted by Crippen LogP contribution is 2.51. The summed E-state index contributed by atoms with van der Waals surface area (Å²) in [7, 11) is 2.20. The van der Waals surface area contributed by atoms with E-state index in [1.54, 1.807) is 0 Å². The zero-order valence-electron chi connectivity index (χ0n) is 25.4. The Hall–Kier alpha value is -5.94. The van der Waals surface area contributed by atoms with Crippen LogP contribution in [0, 0.1) is 0 Å². The van der Waals surface area contributed by atoms with Gasteiger partial charge in [-0.15, -0.1) is 0 Å². The van der Waals surface area contributed by atoms with Gasteiger partial charge in [-0.05, 0) is 33.5 Å². The van der Waals surface area contributed by atoms with Gasteiger partial charge >= 0.3 is 0 Å². The SMILES string of the molecule is CN1c2c(c3ccccc3c3ccccc23)N2C=C(c3ccc(C4=NC(c5ccccc5)=NC(c5ccccc5)N4)cc3)C=CC12. The standard InChI is InChI=1S/C41H31N5/c1-45-36-25-24-31(26-46(36)38-35-19-11-9-17-33(35)32-16-8-10-18-34(32)37(38)45)27-20-22-30(23-21-27)41-43-39(28-12-4-2-5-13-28)42-40(44-41)29-14-6-3-7-15-29/h2-26,36,39H,1H3,(H,42,43,44). The summed E-state index contributed by atoms with van der Waals surface area (Å²) in [6, 6.07) is 46.8. The van der Waals surface area contributed by atoms with E-state index in [2.05, 4.69) is 138 Å². The van der Waals surface area contributed by atoms with Gasteiger partial charge in [0.25, 0.3) is 0 Å². The van der Waals surface area contributed by atoms with E-state index in [1.807, 2.05) is 36.4 Å². The molecule has 0 radical (unpaired) electrons. The molecule has 46 heavy (non-hydrogen) atoms. The molecule has 0 aliphatic carbocycles. The number of benzene rings is 6. The van der Waals surface area contributed by atoms with Crippen LogP contribution < -0.4 is 15.1 Å². The predicted molar refractivity (Wildman–Crippen MR) is 192 cm³/mol. The van der Waals surface area contributed by atoms with Crippen molar-refractivity contribution in [2.75, 3.05) is 16.8 Å². The zero-order valence-corrected chi connectivity index (χ0v) is 25.4. The Balaban J connectivity index is 1.08. The first-order valence-electron chi connectivity index (χ1n) is 15.7. The fourth-order valence-corrected chi connectivity index (χ4v) is 7.03. The van der Waals surface area contributed by atoms with E-state index in [0.717, 1.165) is 33.9 Å². The van der Waals surface area contributed by atoms with Crippen LogP contribution in [-0.4, -0.2) is 24.9 Å². The maximum Gasteiger partial charge on any atom is 0.159 e. The van der Waals surface area contributed by atoms with E-state index in [4.69, 9.17) is 9.98 Å². The summed E-state index contributed by atoms with van der Waals surface area (Å²) in [4.78, 5) is 14.8. The average Bonchev–Trinajstić information content (AvgIpc) is 3.44. The third kappa shape index (κ3) is 4.24. The number of fused-ring (bicyclic) bond motifs is 8. The van der Waals surface area contributed by atoms with Gasteiger partial charge in [-0.25, -0.2) is 9.98 Å². The number of hydrogen-bond donors (Lipinski definition) is 1. The molecule has 0 saturated carbocycles. The molecule has 3 heterocycles. The summed E-state index contributed by atoms with van der Waals surface area (Å²) in [6.45, 7) is 0. The van der Waals surface area contributed by atoms with Crippen molar-refractivity contribution in [1.82, 2.24) is 5.32 Å². The number of anilines is 2. The number of nitrogens with zero attached hydrogens (tertiary/aromatic N) is 4. The molecule has 0 fully saturated rings. The lowest BCUT2D eigenvalue weighted by molar-refractivity contribution is 0.674. The normalized spacial score (nSPS) is 18.5. The molecule has 0 saturated heterocycles. The molecule has 0 aromatic heterocycles. The van der Waals surface area contributed by atoms with Gasteiger partial charge in [-0.2, -0.15) is 0 Å². The molecule has 3 aliphatic rings. The molecule has 5 heteroatoms. The number of hydrogen-bond acceptors (Lipinski definition) is 5. The van der Waals surface area contributed by atoms with Gasteiger partial charge in [0.1, 0.15) is 18.2 Å². The number of likely N-dealkylation sites (N-methyl/N-ethyl adjacent to an activating group) is 1. The second-order valence-corrected chi connectivity index (χ2v) is 12.0. The first-order valence-corrected chi connectivity index (χ1v) is 15.7. The summed E-state index contributed by atoms with van der Waals surface area (Å²) in [5.74, 6) is 1.55. The second kappa shape index (κ2) is 10.6. The fourth-order valence-electron chi connectivity index (χ4n) is 7.03. The molecule has 2 atom stereocenters. The molecule has 3 aliphatic heterocycles. The van der Waals surface area contributed by atoms with Crippen molar-refractivity contribution in [3.05, 3.63) is 174 Å². The molecule has 5 nitrogen and oxygen atoms in total. The van der Waals surface area contributed by atoms with E-state index in [-0.39, 0.29) is 12.3 Å². The van der Waals surface area contributed by atoms with Crippen molar-refractivity contribution >= 4 is 50.2 Å². The third-order valence-electron chi connectivity index (χ3n) is 9.28. The molecule has 0 amide bonds. The Morgan fingerprint density at radius 1 is 0.587 bits per heavy atom. The Morgan fingerprint density at radius 2 is 1.17 bits per heavy atom. The maximum atomic E-state index is 4.98. The molecule has 0 spiro atoms. The van der Waals surface area contributed by atoms with Gasteiger partial charge in [-0.1, -0.05) is 140 Å². The molecule has 0 bridgehead atoms. The van der Waals surface area contributed by atoms with E-state index in [9.17, 15) is 0 Å². The van der Waals surface area contributed by atoms with Crippen LogP contribution in [0.1, 0.15) is 28.4 Å². The molecular formula is C41H31N5. The Kier molecular flexibility index (Phi) is 6.10. The Bertz CT molecular complexity index is 2250. The lowest BCUT2D eigenvalue weighted by Gasteiger charge is -2.29. The van der Waals surface area contributed by atoms with Crippen LogP contribution in [0.3, 0.4) is 0 Å². The van der Waals surface area contributed by atoms with E-state index in [1.165, 1.54) is 38.5 Å². The van der Waals surface area contributed by atoms with Gasteiger partial charge in [0.15, 0.2) is 5.84 Å². The first-order chi connectivity index (χ1) is 22.7. The van der Waals surface area contributed by atoms with Crippen LogP contribution in [0.25, 0.3) is 27.1 Å². The molecule has 9 rings (SSSR count). The summed E-state index contributed by atoms with van der Waals surface area (Å²) in [6.07, 6.45) is 6.78. The molecule has 2 unspecified atom stereocenters. The van der Waals surface area contributed by atoms with Crippen LogP contribution in [0.4, 0.5) is 11.4 Å². The summed E-state index contributed by atoms with van der Waals surface area (Å²) < 4.78 is 0. The number of amidine groups is 2. The molecule has 6 aromatic rings.